The Labute approximate surface area is 603 Å². The second-order valence-corrected chi connectivity index (χ2v) is 36.6. The Morgan fingerprint density at radius 3 is 2.31 bits per heavy atom. The van der Waals surface area contributed by atoms with Crippen LogP contribution < -0.4 is 16.2 Å². The molecular weight excluding hydrogens is 1320 g/mol. The molecule has 22 bridgehead atoms. The molecule has 0 saturated heterocycles. The fourth-order valence-electron chi connectivity index (χ4n) is 20.8. The number of rotatable bonds is 2. The van der Waals surface area contributed by atoms with Gasteiger partial charge < -0.3 is 51.8 Å². The van der Waals surface area contributed by atoms with Crippen molar-refractivity contribution in [3.05, 3.63) is 218 Å². The lowest BCUT2D eigenvalue weighted by Crippen LogP contribution is -2.57. The van der Waals surface area contributed by atoms with Crippen molar-refractivity contribution in [1.82, 2.24) is 4.98 Å². The molecule has 6 aromatic rings. The number of nitrogens with two attached hydrogens (primary N) is 2. The number of hydrogen-bond acceptors (Lipinski definition) is 15. The van der Waals surface area contributed by atoms with E-state index in [1.54, 1.807) is 68.9 Å². The van der Waals surface area contributed by atoms with Gasteiger partial charge in [-0.1, -0.05) is 165 Å². The van der Waals surface area contributed by atoms with Crippen molar-refractivity contribution in [3.8, 4) is 29.1 Å². The Morgan fingerprint density at radius 1 is 0.690 bits per heavy atom. The van der Waals surface area contributed by atoms with Gasteiger partial charge in [0.2, 0.25) is 0 Å². The highest BCUT2D eigenvalue weighted by molar-refractivity contribution is 8.77. The van der Waals surface area contributed by atoms with Gasteiger partial charge in [-0.3, -0.25) is 9.59 Å². The van der Waals surface area contributed by atoms with E-state index < -0.39 is 40.2 Å². The number of aliphatic hydroxyl groups is 4. The number of benzene rings is 5. The Bertz CT molecular complexity index is 4310. The second-order valence-electron chi connectivity index (χ2n) is 31.5. The average molecular weight is 1420 g/mol. The Hall–Kier alpha value is -5.94. The number of phenolic OH excluding ortho intramolecular Hbond substituents is 2. The van der Waals surface area contributed by atoms with Gasteiger partial charge >= 0.3 is 0 Å². The zero-order chi connectivity index (χ0) is 68.7. The van der Waals surface area contributed by atoms with Crippen molar-refractivity contribution in [2.45, 2.75) is 168 Å². The molecule has 16 heteroatoms. The van der Waals surface area contributed by atoms with Crippen LogP contribution in [0.2, 0.25) is 0 Å². The topological polar surface area (TPSA) is 233 Å². The summed E-state index contributed by atoms with van der Waals surface area (Å²) in [5.74, 6) is 7.60. The van der Waals surface area contributed by atoms with Gasteiger partial charge in [0, 0.05) is 76.9 Å². The number of fused-ring (bicyclic) bond motifs is 18. The lowest BCUT2D eigenvalue weighted by molar-refractivity contribution is -0.164. The van der Waals surface area contributed by atoms with E-state index in [9.17, 15) is 40.2 Å². The van der Waals surface area contributed by atoms with Crippen LogP contribution in [0.5, 0.6) is 17.2 Å². The second kappa shape index (κ2) is 27.6. The van der Waals surface area contributed by atoms with Crippen LogP contribution in [-0.2, 0) is 55.5 Å². The summed E-state index contributed by atoms with van der Waals surface area (Å²) in [7, 11) is 7.00. The number of Topliss-reactive ketones (excluding diaryl/α,β-unsaturated/α-hetero) is 1. The number of allylic oxidation sites excluding steroid dienone is 5. The zero-order valence-corrected chi connectivity index (χ0v) is 60.1. The lowest BCUT2D eigenvalue weighted by Gasteiger charge is -2.57. The number of aliphatic hydroxyl groups excluding tert-OH is 2. The van der Waals surface area contributed by atoms with Crippen molar-refractivity contribution in [2.24, 2.45) is 63.2 Å². The molecule has 2 aliphatic heterocycles. The van der Waals surface area contributed by atoms with E-state index in [1.165, 1.54) is 27.8 Å². The van der Waals surface area contributed by atoms with Crippen LogP contribution in [0.4, 0.5) is 0 Å². The summed E-state index contributed by atoms with van der Waals surface area (Å²) in [6.45, 7) is 0.189. The Kier molecular flexibility index (Phi) is 18.9. The molecule has 11 aliphatic rings. The maximum absolute atomic E-state index is 14.9. The van der Waals surface area contributed by atoms with Crippen molar-refractivity contribution in [3.63, 3.8) is 0 Å². The molecule has 1 spiro atoms. The summed E-state index contributed by atoms with van der Waals surface area (Å²) in [6.07, 6.45) is 25.5. The van der Waals surface area contributed by atoms with Crippen LogP contribution in [0.1, 0.15) is 178 Å². The van der Waals surface area contributed by atoms with Gasteiger partial charge in [-0.15, -0.1) is 0 Å². The third kappa shape index (κ3) is 12.7. The maximum atomic E-state index is 14.9. The number of carbonyl (C=O) groups excluding carboxylic acids is 2. The highest BCUT2D eigenvalue weighted by Gasteiger charge is 2.67. The maximum Gasteiger partial charge on any atom is 0.165 e. The molecule has 5 aromatic carbocycles. The highest BCUT2D eigenvalue weighted by Crippen LogP contribution is 2.72. The molecule has 522 valence electrons. The van der Waals surface area contributed by atoms with Gasteiger partial charge in [0.25, 0.3) is 0 Å². The molecule has 3 fully saturated rings. The summed E-state index contributed by atoms with van der Waals surface area (Å²) < 4.78 is 6.35. The van der Waals surface area contributed by atoms with Gasteiger partial charge in [-0.25, -0.2) is 0 Å². The number of carbonyl (C=O) groups is 2. The Morgan fingerprint density at radius 2 is 1.47 bits per heavy atom. The summed E-state index contributed by atoms with van der Waals surface area (Å²) in [6, 6.07) is 32.7. The van der Waals surface area contributed by atoms with Gasteiger partial charge in [-0.2, -0.15) is 0 Å². The van der Waals surface area contributed by atoms with Gasteiger partial charge in [-0.05, 0) is 227 Å². The number of aryl methyl sites for hydroxylation is 4. The first kappa shape index (κ1) is 68.5. The highest BCUT2D eigenvalue weighted by atomic mass is 33.1. The fraction of sp³-hybridized carbons (Fsp3) is 0.476. The SMILES string of the molecule is NC(N)c1cc2c3cc1CSSC[C@@H]1C[C@@]4(/C=C/C(=O)CCc5ccc(O)c(c5)OCCc5ccc(O)c(c5)[C@@H]3CC(=O)c3cc[nH]c3CC#C2)C[C@]1(O)[C@H]1C=C[C@H]4C[C@]23C=C[C@@]45C[C@@H]6CCC[C@@H](CCc7ccc(cc7)CCc7ccc(c(c7)C[C@@H]24)[C@@H](CO)[C@@H]5CSS1)[C@@H](O)[C@@](O)(C6)C3. The van der Waals surface area contributed by atoms with E-state index in [0.29, 0.717) is 85.3 Å². The minimum atomic E-state index is -1.41. The number of aromatic amines is 1. The van der Waals surface area contributed by atoms with Crippen LogP contribution in [-0.4, -0.2) is 94.5 Å². The quantitative estimate of drug-likeness (QED) is 0.0340. The van der Waals surface area contributed by atoms with Crippen molar-refractivity contribution in [1.29, 1.82) is 0 Å². The molecule has 100 heavy (non-hydrogen) atoms. The van der Waals surface area contributed by atoms with Crippen molar-refractivity contribution >= 4 is 54.7 Å². The molecule has 12 nitrogen and oxygen atoms in total. The number of nitrogens with one attached hydrogen (secondary N) is 1. The summed E-state index contributed by atoms with van der Waals surface area (Å²) in [4.78, 5) is 32.8. The first-order valence-electron chi connectivity index (χ1n) is 36.6. The standard InChI is InChI=1S/C84H93N3O9S4/c85-79(86)66-36-57-5-2-6-71-64(26-31-87-71)74(92)39-67-65(57)37-59(66)45-97-98-46-61-43-80(28-25-62(89)20-14-53-17-23-73(91)75(35-53)96-32-27-54-16-22-72(90)68(67)34-54)49-84(61,95)77-24-19-60(80)42-81-29-30-82-40-55-3-1-4-56(78(93)83(94,41-55)48-81)18-13-51-9-7-50(8-10-51)11-12-52-15-21-63(58(33-52)38-76(81)82)69(44-88)70(82)47-99-100-77/h7-10,15-17,19,21-26,28-31,33-37,55-56,60-61,67,69-70,76-79,87-88,90-91,93-95H,1,3-4,6,11-14,18,20,27,32,38-49,85-86H2/b28-25+/t55-,56-,60-,61-,67+,69+,70-,76-,77+,78+,80-,81-,82-,83+,84+/m0/s1. The number of aromatic nitrogens is 1. The fourth-order valence-corrected chi connectivity index (χ4v) is 26.7. The van der Waals surface area contributed by atoms with Crippen LogP contribution in [0.25, 0.3) is 0 Å². The number of H-pyrrole nitrogens is 1. The molecule has 15 atom stereocenters. The van der Waals surface area contributed by atoms with E-state index in [0.717, 1.165) is 97.1 Å². The average Bonchev–Trinajstić information content (AvgIpc) is 1.51. The number of hydrogen-bond donors (Lipinski definition) is 9. The van der Waals surface area contributed by atoms with E-state index in [4.69, 9.17) is 16.2 Å². The predicted octanol–water partition coefficient (Wildman–Crippen LogP) is 14.2. The lowest BCUT2D eigenvalue weighted by atomic mass is 9.49. The molecule has 0 radical (unpaired) electrons. The van der Waals surface area contributed by atoms with Crippen LogP contribution >= 0.6 is 43.2 Å². The number of phenols is 2. The van der Waals surface area contributed by atoms with E-state index in [2.05, 4.69) is 95.7 Å². The molecule has 3 heterocycles. The minimum Gasteiger partial charge on any atom is -0.508 e. The van der Waals surface area contributed by atoms with Crippen LogP contribution in [0.3, 0.4) is 0 Å². The number of ether oxygens (including phenoxy) is 1. The number of aromatic hydroxyl groups is 2. The summed E-state index contributed by atoms with van der Waals surface area (Å²) in [5, 5.41) is 76.8. The Balaban J connectivity index is 0.814. The van der Waals surface area contributed by atoms with Gasteiger partial charge in [0.1, 0.15) is 5.75 Å². The molecule has 0 unspecified atom stereocenters. The molecule has 0 amide bonds. The largest absolute Gasteiger partial charge is 0.508 e. The normalized spacial score (nSPS) is 34.4. The van der Waals surface area contributed by atoms with Crippen LogP contribution in [0.15, 0.2) is 140 Å². The minimum absolute atomic E-state index is 0.000280. The monoisotopic (exact) mass is 1420 g/mol. The third-order valence-electron chi connectivity index (χ3n) is 25.8. The predicted molar refractivity (Wildman–Crippen MR) is 401 cm³/mol. The van der Waals surface area contributed by atoms with Crippen LogP contribution in [0, 0.1) is 63.6 Å². The third-order valence-corrected chi connectivity index (χ3v) is 31.1. The van der Waals surface area contributed by atoms with Crippen molar-refractivity contribution in [2.75, 3.05) is 24.7 Å². The number of ketones is 2. The van der Waals surface area contributed by atoms with E-state index in [-0.39, 0.29) is 101 Å². The molecule has 9 aliphatic carbocycles. The molecule has 17 rings (SSSR count). The molecule has 3 saturated carbocycles. The molecule has 11 N–H and O–H groups in total. The zero-order valence-electron chi connectivity index (χ0n) is 56.8. The van der Waals surface area contributed by atoms with Crippen molar-refractivity contribution < 1.29 is 45.0 Å². The molecular formula is C84H93N3O9S4. The first-order valence-corrected chi connectivity index (χ1v) is 41.5. The van der Waals surface area contributed by atoms with E-state index >= 15 is 0 Å². The summed E-state index contributed by atoms with van der Waals surface area (Å²) >= 11 is 0. The smallest absolute Gasteiger partial charge is 0.165 e. The van der Waals surface area contributed by atoms with Gasteiger partial charge in [0.05, 0.1) is 48.4 Å². The molecule has 1 aromatic heterocycles. The summed E-state index contributed by atoms with van der Waals surface area (Å²) in [5.41, 5.74) is 22.0. The van der Waals surface area contributed by atoms with Gasteiger partial charge in [0.15, 0.2) is 23.1 Å². The van der Waals surface area contributed by atoms with E-state index in [1.807, 2.05) is 35.1 Å². The first-order chi connectivity index (χ1) is 48.4.